The lowest BCUT2D eigenvalue weighted by Gasteiger charge is -2.02. The Morgan fingerprint density at radius 1 is 1.50 bits per heavy atom. The average Bonchev–Trinajstić information content (AvgIpc) is 2.99. The van der Waals surface area contributed by atoms with E-state index in [1.165, 1.54) is 23.1 Å². The first kappa shape index (κ1) is 13.5. The zero-order valence-corrected chi connectivity index (χ0v) is 10.7. The highest BCUT2D eigenvalue weighted by Crippen LogP contribution is 2.03. The lowest BCUT2D eigenvalue weighted by Crippen LogP contribution is -2.21. The van der Waals surface area contributed by atoms with E-state index in [9.17, 15) is 9.59 Å². The number of hydrogen-bond acceptors (Lipinski definition) is 7. The molecule has 0 unspecified atom stereocenters. The maximum atomic E-state index is 11.8. The van der Waals surface area contributed by atoms with Crippen LogP contribution in [-0.4, -0.2) is 43.4 Å². The summed E-state index contributed by atoms with van der Waals surface area (Å²) >= 11 is 0. The van der Waals surface area contributed by atoms with Crippen molar-refractivity contribution in [2.24, 2.45) is 0 Å². The Morgan fingerprint density at radius 2 is 2.30 bits per heavy atom. The largest absolute Gasteiger partial charge is 0.450 e. The third-order valence-corrected chi connectivity index (χ3v) is 2.25. The molecule has 20 heavy (non-hydrogen) atoms. The van der Waals surface area contributed by atoms with Gasteiger partial charge in [0.1, 0.15) is 12.4 Å². The summed E-state index contributed by atoms with van der Waals surface area (Å²) in [5.41, 5.74) is 5.56. The van der Waals surface area contributed by atoms with Crippen molar-refractivity contribution in [2.45, 2.75) is 13.5 Å². The van der Waals surface area contributed by atoms with Crippen LogP contribution in [-0.2, 0) is 11.3 Å². The van der Waals surface area contributed by atoms with Crippen molar-refractivity contribution in [2.75, 3.05) is 17.7 Å². The van der Waals surface area contributed by atoms with Crippen LogP contribution < -0.4 is 11.1 Å². The van der Waals surface area contributed by atoms with Crippen LogP contribution in [0.1, 0.15) is 11.7 Å². The minimum atomic E-state index is -0.637. The summed E-state index contributed by atoms with van der Waals surface area (Å²) in [5, 5.41) is 13.5. The van der Waals surface area contributed by atoms with Gasteiger partial charge in [0.05, 0.1) is 19.0 Å². The third-order valence-electron chi connectivity index (χ3n) is 2.25. The Balaban J connectivity index is 1.98. The lowest BCUT2D eigenvalue weighted by atomic mass is 10.5. The molecule has 0 aromatic carbocycles. The SMILES string of the molecule is CCOC(=O)Nc1cn(CC(=O)n2nccc2N)nn1. The normalized spacial score (nSPS) is 10.2. The van der Waals surface area contributed by atoms with Crippen LogP contribution in [0.15, 0.2) is 18.5 Å². The Labute approximate surface area is 113 Å². The van der Waals surface area contributed by atoms with Crippen molar-refractivity contribution >= 4 is 23.6 Å². The zero-order valence-electron chi connectivity index (χ0n) is 10.7. The van der Waals surface area contributed by atoms with E-state index in [1.54, 1.807) is 6.92 Å². The number of amides is 1. The number of carbonyl (C=O) groups is 2. The third kappa shape index (κ3) is 3.10. The van der Waals surface area contributed by atoms with E-state index in [1.807, 2.05) is 0 Å². The maximum Gasteiger partial charge on any atom is 0.412 e. The Bertz CT molecular complexity index is 618. The second-order valence-electron chi connectivity index (χ2n) is 3.71. The quantitative estimate of drug-likeness (QED) is 0.803. The van der Waals surface area contributed by atoms with Gasteiger partial charge in [-0.25, -0.2) is 9.48 Å². The standard InChI is InChI=1S/C10H13N7O3/c1-2-20-10(19)13-8-5-16(15-14-8)6-9(18)17-7(11)3-4-12-17/h3-5H,2,6,11H2,1H3,(H,13,19). The second kappa shape index (κ2) is 5.82. The van der Waals surface area contributed by atoms with Gasteiger partial charge in [0.2, 0.25) is 0 Å². The molecule has 0 bridgehead atoms. The van der Waals surface area contributed by atoms with Gasteiger partial charge >= 0.3 is 6.09 Å². The van der Waals surface area contributed by atoms with Crippen molar-refractivity contribution < 1.29 is 14.3 Å². The topological polar surface area (TPSA) is 130 Å². The van der Waals surface area contributed by atoms with Crippen LogP contribution in [0.25, 0.3) is 0 Å². The molecule has 1 amide bonds. The van der Waals surface area contributed by atoms with E-state index in [4.69, 9.17) is 5.73 Å². The molecule has 0 atom stereocenters. The number of nitrogens with two attached hydrogens (primary N) is 1. The molecule has 0 saturated heterocycles. The fraction of sp³-hybridized carbons (Fsp3) is 0.300. The van der Waals surface area contributed by atoms with Gasteiger partial charge in [-0.05, 0) is 6.92 Å². The average molecular weight is 279 g/mol. The Kier molecular flexibility index (Phi) is 3.93. The molecule has 2 rings (SSSR count). The van der Waals surface area contributed by atoms with E-state index in [2.05, 4.69) is 25.5 Å². The van der Waals surface area contributed by atoms with Crippen LogP contribution >= 0.6 is 0 Å². The number of nitrogens with one attached hydrogen (secondary N) is 1. The summed E-state index contributed by atoms with van der Waals surface area (Å²) in [6.45, 7) is 1.82. The van der Waals surface area contributed by atoms with Crippen molar-refractivity contribution in [3.05, 3.63) is 18.5 Å². The number of aromatic nitrogens is 5. The number of hydrogen-bond donors (Lipinski definition) is 2. The Morgan fingerprint density at radius 3 is 2.95 bits per heavy atom. The number of carbonyl (C=O) groups excluding carboxylic acids is 2. The number of ether oxygens (including phenoxy) is 1. The van der Waals surface area contributed by atoms with Gasteiger partial charge in [0.25, 0.3) is 5.91 Å². The highest BCUT2D eigenvalue weighted by atomic mass is 16.5. The smallest absolute Gasteiger partial charge is 0.412 e. The predicted molar refractivity (Wildman–Crippen MR) is 67.9 cm³/mol. The van der Waals surface area contributed by atoms with Gasteiger partial charge in [-0.15, -0.1) is 5.10 Å². The number of nitrogens with zero attached hydrogens (tertiary/aromatic N) is 5. The van der Waals surface area contributed by atoms with E-state index in [0.717, 1.165) is 4.68 Å². The molecular formula is C10H13N7O3. The first-order chi connectivity index (χ1) is 9.60. The molecule has 0 aliphatic rings. The van der Waals surface area contributed by atoms with Gasteiger partial charge in [0, 0.05) is 6.07 Å². The van der Waals surface area contributed by atoms with Gasteiger partial charge in [-0.3, -0.25) is 10.1 Å². The van der Waals surface area contributed by atoms with Gasteiger partial charge in [0.15, 0.2) is 5.82 Å². The summed E-state index contributed by atoms with van der Waals surface area (Å²) in [6, 6.07) is 1.51. The molecular weight excluding hydrogens is 266 g/mol. The van der Waals surface area contributed by atoms with Crippen LogP contribution in [0.3, 0.4) is 0 Å². The fourth-order valence-corrected chi connectivity index (χ4v) is 1.43. The fourth-order valence-electron chi connectivity index (χ4n) is 1.43. The molecule has 3 N–H and O–H groups in total. The van der Waals surface area contributed by atoms with E-state index in [0.29, 0.717) is 0 Å². The number of nitrogen functional groups attached to an aromatic ring is 1. The van der Waals surface area contributed by atoms with E-state index in [-0.39, 0.29) is 30.7 Å². The minimum absolute atomic E-state index is 0.108. The monoisotopic (exact) mass is 279 g/mol. The summed E-state index contributed by atoms with van der Waals surface area (Å²) in [7, 11) is 0. The number of rotatable bonds is 4. The first-order valence-electron chi connectivity index (χ1n) is 5.76. The Hall–Kier alpha value is -2.91. The second-order valence-corrected chi connectivity index (χ2v) is 3.71. The molecule has 2 aromatic rings. The zero-order chi connectivity index (χ0) is 14.5. The molecule has 0 radical (unpaired) electrons. The molecule has 0 saturated carbocycles. The van der Waals surface area contributed by atoms with Crippen molar-refractivity contribution in [3.8, 4) is 0 Å². The molecule has 0 aliphatic carbocycles. The minimum Gasteiger partial charge on any atom is -0.450 e. The van der Waals surface area contributed by atoms with Crippen LogP contribution in [0, 0.1) is 0 Å². The summed E-state index contributed by atoms with van der Waals surface area (Å²) in [4.78, 5) is 23.0. The summed E-state index contributed by atoms with van der Waals surface area (Å²) in [6.07, 6.45) is 2.18. The van der Waals surface area contributed by atoms with Gasteiger partial charge in [-0.1, -0.05) is 5.21 Å². The lowest BCUT2D eigenvalue weighted by molar-refractivity contribution is 0.0872. The van der Waals surface area contributed by atoms with Crippen molar-refractivity contribution in [3.63, 3.8) is 0 Å². The molecule has 0 spiro atoms. The van der Waals surface area contributed by atoms with Crippen LogP contribution in [0.2, 0.25) is 0 Å². The molecule has 10 heteroatoms. The van der Waals surface area contributed by atoms with Crippen molar-refractivity contribution in [1.29, 1.82) is 0 Å². The summed E-state index contributed by atoms with van der Waals surface area (Å²) in [5.74, 6) is 0.0461. The molecule has 0 aliphatic heterocycles. The van der Waals surface area contributed by atoms with Crippen molar-refractivity contribution in [1.82, 2.24) is 24.8 Å². The number of anilines is 2. The molecule has 0 fully saturated rings. The summed E-state index contributed by atoms with van der Waals surface area (Å²) < 4.78 is 7.00. The molecule has 2 heterocycles. The highest BCUT2D eigenvalue weighted by molar-refractivity contribution is 5.83. The van der Waals surface area contributed by atoms with Crippen LogP contribution in [0.5, 0.6) is 0 Å². The van der Waals surface area contributed by atoms with Gasteiger partial charge < -0.3 is 10.5 Å². The molecule has 2 aromatic heterocycles. The van der Waals surface area contributed by atoms with E-state index >= 15 is 0 Å². The van der Waals surface area contributed by atoms with Gasteiger partial charge in [-0.2, -0.15) is 9.78 Å². The van der Waals surface area contributed by atoms with E-state index < -0.39 is 6.09 Å². The highest BCUT2D eigenvalue weighted by Gasteiger charge is 2.12. The van der Waals surface area contributed by atoms with Crippen LogP contribution in [0.4, 0.5) is 16.4 Å². The first-order valence-corrected chi connectivity index (χ1v) is 5.76. The molecule has 10 nitrogen and oxygen atoms in total. The molecule has 106 valence electrons. The predicted octanol–water partition coefficient (Wildman–Crippen LogP) is -0.0344. The maximum absolute atomic E-state index is 11.8.